The van der Waals surface area contributed by atoms with Gasteiger partial charge in [0.1, 0.15) is 74.9 Å². The summed E-state index contributed by atoms with van der Waals surface area (Å²) in [5.74, 6) is -0.0174. The summed E-state index contributed by atoms with van der Waals surface area (Å²) in [5, 5.41) is 4.88. The number of carbonyl (C=O) groups is 1. The number of nitrogens with one attached hydrogen (secondary N) is 1. The Balaban J connectivity index is 1.57. The zero-order valence-electron chi connectivity index (χ0n) is 25.0. The van der Waals surface area contributed by atoms with E-state index in [1.807, 2.05) is 11.0 Å². The van der Waals surface area contributed by atoms with Gasteiger partial charge in [0, 0.05) is 22.9 Å². The number of piperazine rings is 1. The Hall–Kier alpha value is -3.04. The molecule has 1 aliphatic carbocycles. The molecule has 2 heterocycles. The highest BCUT2D eigenvalue weighted by Crippen LogP contribution is 2.48. The normalized spacial score (nSPS) is 20.6. The Morgan fingerprint density at radius 3 is 2.10 bits per heavy atom. The fourth-order valence-electron chi connectivity index (χ4n) is 6.36. The standard InChI is InChI=1S/C23H31B8F3N6O/c24-20(25)22(28,29)40(18(41)11-4-5-11)23(30,31)21(26,27)39(20)16-7-12(17(33)34)6-14(9-16)36-19-35-10-38(37-19)15-3-1-2-13(32)8-15/h1-3,6-11,17H,4-5,24-31H2,(H,36,37). The minimum absolute atomic E-state index is 0.0457. The maximum atomic E-state index is 14.3. The zero-order valence-corrected chi connectivity index (χ0v) is 25.0. The first-order valence-corrected chi connectivity index (χ1v) is 14.0. The third-order valence-corrected chi connectivity index (χ3v) is 9.65. The molecule has 5 rings (SSSR count). The number of rotatable bonds is 6. The number of amides is 1. The van der Waals surface area contributed by atoms with Crippen molar-refractivity contribution >= 4 is 86.0 Å². The molecule has 0 bridgehead atoms. The summed E-state index contributed by atoms with van der Waals surface area (Å²) in [5.41, 5.74) is 1.34. The zero-order chi connectivity index (χ0) is 30.1. The molecule has 18 heteroatoms. The van der Waals surface area contributed by atoms with E-state index in [1.165, 1.54) is 35.3 Å². The van der Waals surface area contributed by atoms with Gasteiger partial charge in [-0.1, -0.05) is 6.07 Å². The fraction of sp³-hybridized carbons (Fsp3) is 0.348. The Labute approximate surface area is 246 Å². The summed E-state index contributed by atoms with van der Waals surface area (Å²) in [7, 11) is 16.5. The summed E-state index contributed by atoms with van der Waals surface area (Å²) in [4.78, 5) is 22.2. The second kappa shape index (κ2) is 9.76. The number of hydrogen-bond donors (Lipinski definition) is 1. The molecule has 7 nitrogen and oxygen atoms in total. The van der Waals surface area contributed by atoms with Crippen molar-refractivity contribution in [3.05, 3.63) is 60.2 Å². The molecule has 0 unspecified atom stereocenters. The van der Waals surface area contributed by atoms with Crippen LogP contribution in [0.1, 0.15) is 24.8 Å². The van der Waals surface area contributed by atoms with Crippen molar-refractivity contribution in [2.45, 2.75) is 40.6 Å². The van der Waals surface area contributed by atoms with Crippen LogP contribution < -0.4 is 10.2 Å². The smallest absolute Gasteiger partial charge is 0.263 e. The quantitative estimate of drug-likeness (QED) is 0.316. The number of hydrogen-bond acceptors (Lipinski definition) is 5. The minimum atomic E-state index is -2.71. The maximum Gasteiger partial charge on any atom is 0.263 e. The van der Waals surface area contributed by atoms with E-state index in [2.05, 4.69) is 83.1 Å². The Morgan fingerprint density at radius 1 is 0.902 bits per heavy atom. The van der Waals surface area contributed by atoms with E-state index >= 15 is 0 Å². The predicted molar refractivity (Wildman–Crippen MR) is 177 cm³/mol. The number of alkyl halides is 2. The molecule has 41 heavy (non-hydrogen) atoms. The summed E-state index contributed by atoms with van der Waals surface area (Å²) >= 11 is 0. The number of carbonyl (C=O) groups excluding carboxylic acids is 1. The molecule has 1 aliphatic heterocycles. The van der Waals surface area contributed by atoms with Crippen molar-refractivity contribution in [2.75, 3.05) is 10.2 Å². The average molecular weight is 551 g/mol. The molecule has 1 aromatic heterocycles. The summed E-state index contributed by atoms with van der Waals surface area (Å²) < 4.78 is 43.7. The second-order valence-corrected chi connectivity index (χ2v) is 13.3. The Morgan fingerprint density at radius 2 is 1.54 bits per heavy atom. The molecule has 1 saturated carbocycles. The molecular formula is C23H31B8F3N6O. The van der Waals surface area contributed by atoms with E-state index < -0.39 is 33.6 Å². The Kier molecular flexibility index (Phi) is 7.01. The molecule has 0 spiro atoms. The van der Waals surface area contributed by atoms with E-state index in [9.17, 15) is 18.0 Å². The van der Waals surface area contributed by atoms with Crippen LogP contribution in [0.5, 0.6) is 0 Å². The van der Waals surface area contributed by atoms with Gasteiger partial charge in [-0.2, -0.15) is 4.98 Å². The van der Waals surface area contributed by atoms with E-state index in [4.69, 9.17) is 0 Å². The summed E-state index contributed by atoms with van der Waals surface area (Å²) in [6.07, 6.45) is 0.530. The highest BCUT2D eigenvalue weighted by molar-refractivity contribution is 6.63. The van der Waals surface area contributed by atoms with Crippen LogP contribution >= 0.6 is 0 Å². The van der Waals surface area contributed by atoms with Crippen LogP contribution in [0.3, 0.4) is 0 Å². The molecule has 0 radical (unpaired) electrons. The molecule has 2 fully saturated rings. The lowest BCUT2D eigenvalue weighted by Crippen LogP contribution is -2.93. The number of benzene rings is 2. The van der Waals surface area contributed by atoms with Gasteiger partial charge in [0.25, 0.3) is 6.43 Å². The molecule has 2 aromatic carbocycles. The monoisotopic (exact) mass is 552 g/mol. The van der Waals surface area contributed by atoms with Crippen LogP contribution in [0.2, 0.25) is 0 Å². The molecule has 1 N–H and O–H groups in total. The summed E-state index contributed by atoms with van der Waals surface area (Å²) in [6.45, 7) is 0. The largest absolute Gasteiger partial charge is 0.390 e. The average Bonchev–Trinajstić information content (AvgIpc) is 3.61. The van der Waals surface area contributed by atoms with Gasteiger partial charge in [0.05, 0.1) is 5.69 Å². The van der Waals surface area contributed by atoms with Crippen LogP contribution in [0.15, 0.2) is 48.8 Å². The third kappa shape index (κ3) is 4.80. The van der Waals surface area contributed by atoms with Crippen molar-refractivity contribution < 1.29 is 18.0 Å². The van der Waals surface area contributed by atoms with E-state index in [1.54, 1.807) is 12.1 Å². The van der Waals surface area contributed by atoms with Gasteiger partial charge in [-0.15, -0.1) is 5.10 Å². The first-order valence-electron chi connectivity index (χ1n) is 14.0. The number of anilines is 3. The number of nitrogens with zero attached hydrogens (tertiary/aromatic N) is 5. The van der Waals surface area contributed by atoms with Crippen LogP contribution in [0.4, 0.5) is 30.5 Å². The lowest BCUT2D eigenvalue weighted by atomic mass is 9.26. The third-order valence-electron chi connectivity index (χ3n) is 9.65. The molecule has 204 valence electrons. The van der Waals surface area contributed by atoms with Crippen molar-refractivity contribution in [1.29, 1.82) is 0 Å². The molecule has 1 amide bonds. The molecule has 2 aliphatic rings. The van der Waals surface area contributed by atoms with Gasteiger partial charge < -0.3 is 15.1 Å². The van der Waals surface area contributed by atoms with Gasteiger partial charge in [-0.05, 0) is 70.6 Å². The van der Waals surface area contributed by atoms with Crippen molar-refractivity contribution in [3.63, 3.8) is 0 Å². The topological polar surface area (TPSA) is 66.3 Å². The lowest BCUT2D eigenvalue weighted by molar-refractivity contribution is -0.138. The van der Waals surface area contributed by atoms with E-state index in [-0.39, 0.29) is 23.3 Å². The first kappa shape index (κ1) is 29.5. The van der Waals surface area contributed by atoms with Crippen molar-refractivity contribution in [2.24, 2.45) is 5.92 Å². The highest BCUT2D eigenvalue weighted by Gasteiger charge is 2.63. The van der Waals surface area contributed by atoms with Gasteiger partial charge in [0.2, 0.25) is 11.9 Å². The predicted octanol–water partition coefficient (Wildman–Crippen LogP) is -4.17. The molecule has 3 aromatic rings. The van der Waals surface area contributed by atoms with Crippen molar-refractivity contribution in [3.8, 4) is 5.69 Å². The molecular weight excluding hydrogens is 520 g/mol. The van der Waals surface area contributed by atoms with Gasteiger partial charge in [-0.3, -0.25) is 4.79 Å². The Bertz CT molecular complexity index is 1470. The molecule has 0 atom stereocenters. The first-order chi connectivity index (χ1) is 19.0. The van der Waals surface area contributed by atoms with Gasteiger partial charge in [-0.25, -0.2) is 17.9 Å². The highest BCUT2D eigenvalue weighted by atomic mass is 19.3. The second-order valence-electron chi connectivity index (χ2n) is 13.3. The summed E-state index contributed by atoms with van der Waals surface area (Å²) in [6, 6.07) is 10.7. The van der Waals surface area contributed by atoms with Crippen LogP contribution in [-0.2, 0) is 4.79 Å². The SMILES string of the molecule is BC1(B)N(C(=O)C2CC2)C(B)(B)C(B)(B)N(c2cc(Nc3ncn(-c4cccc(F)c4)n3)cc(C(F)F)c2)C1(B)B. The van der Waals surface area contributed by atoms with Crippen molar-refractivity contribution in [1.82, 2.24) is 19.7 Å². The van der Waals surface area contributed by atoms with E-state index in [0.717, 1.165) is 12.8 Å². The van der Waals surface area contributed by atoms with Crippen LogP contribution in [-0.4, -0.2) is 110 Å². The minimum Gasteiger partial charge on any atom is -0.390 e. The number of aromatic nitrogens is 3. The fourth-order valence-corrected chi connectivity index (χ4v) is 6.36. The van der Waals surface area contributed by atoms with Crippen LogP contribution in [0, 0.1) is 11.7 Å². The number of halogens is 3. The van der Waals surface area contributed by atoms with E-state index in [0.29, 0.717) is 17.1 Å². The van der Waals surface area contributed by atoms with Crippen LogP contribution in [0.25, 0.3) is 5.69 Å². The van der Waals surface area contributed by atoms with Gasteiger partial charge >= 0.3 is 0 Å². The maximum absolute atomic E-state index is 14.3. The molecule has 1 saturated heterocycles. The lowest BCUT2D eigenvalue weighted by Gasteiger charge is -2.74. The van der Waals surface area contributed by atoms with Gasteiger partial charge in [0.15, 0.2) is 0 Å².